The summed E-state index contributed by atoms with van der Waals surface area (Å²) in [6.45, 7) is 3.01. The Morgan fingerprint density at radius 1 is 1.06 bits per heavy atom. The largest absolute Gasteiger partial charge is 0.492 e. The lowest BCUT2D eigenvalue weighted by Crippen LogP contribution is -2.38. The average molecular weight is 527 g/mol. The van der Waals surface area contributed by atoms with E-state index in [0.717, 1.165) is 22.0 Å². The summed E-state index contributed by atoms with van der Waals surface area (Å²) in [6.07, 6.45) is -4.65. The third-order valence-electron chi connectivity index (χ3n) is 4.90. The van der Waals surface area contributed by atoms with Crippen molar-refractivity contribution >= 4 is 38.9 Å². The van der Waals surface area contributed by atoms with E-state index in [4.69, 9.17) is 16.3 Å². The van der Waals surface area contributed by atoms with Gasteiger partial charge in [0.05, 0.1) is 33.5 Å². The molecule has 0 aromatic heterocycles. The molecule has 0 aliphatic heterocycles. The van der Waals surface area contributed by atoms with Crippen molar-refractivity contribution in [1.82, 2.24) is 0 Å². The predicted molar refractivity (Wildman–Crippen MR) is 128 cm³/mol. The van der Waals surface area contributed by atoms with Gasteiger partial charge in [-0.1, -0.05) is 41.4 Å². The van der Waals surface area contributed by atoms with E-state index in [0.29, 0.717) is 6.07 Å². The van der Waals surface area contributed by atoms with Crippen LogP contribution in [0.5, 0.6) is 5.75 Å². The summed E-state index contributed by atoms with van der Waals surface area (Å²) >= 11 is 5.98. The number of hydrogen-bond acceptors (Lipinski definition) is 4. The average Bonchev–Trinajstić information content (AvgIpc) is 2.79. The monoisotopic (exact) mass is 526 g/mol. The molecule has 3 aromatic carbocycles. The summed E-state index contributed by atoms with van der Waals surface area (Å²) in [7, 11) is -4.26. The zero-order valence-electron chi connectivity index (χ0n) is 18.8. The molecule has 0 atom stereocenters. The van der Waals surface area contributed by atoms with E-state index < -0.39 is 34.2 Å². The Hall–Kier alpha value is -3.24. The maximum atomic E-state index is 13.6. The summed E-state index contributed by atoms with van der Waals surface area (Å²) < 4.78 is 72.8. The first-order valence-corrected chi connectivity index (χ1v) is 12.2. The van der Waals surface area contributed by atoms with Crippen LogP contribution >= 0.6 is 11.6 Å². The summed E-state index contributed by atoms with van der Waals surface area (Å²) in [4.78, 5) is 12.8. The van der Waals surface area contributed by atoms with Crippen molar-refractivity contribution in [2.24, 2.45) is 0 Å². The smallest absolute Gasteiger partial charge is 0.416 e. The molecule has 0 unspecified atom stereocenters. The Kier molecular flexibility index (Phi) is 7.97. The number of amides is 1. The van der Waals surface area contributed by atoms with Crippen LogP contribution in [-0.4, -0.2) is 27.5 Å². The van der Waals surface area contributed by atoms with Crippen molar-refractivity contribution in [1.29, 1.82) is 0 Å². The molecule has 11 heteroatoms. The second-order valence-corrected chi connectivity index (χ2v) is 9.74. The quantitative estimate of drug-likeness (QED) is 0.396. The Morgan fingerprint density at radius 2 is 1.71 bits per heavy atom. The molecule has 0 spiro atoms. The molecule has 1 amide bonds. The van der Waals surface area contributed by atoms with Gasteiger partial charge in [0.2, 0.25) is 5.91 Å². The van der Waals surface area contributed by atoms with E-state index in [-0.39, 0.29) is 33.6 Å². The Balaban J connectivity index is 2.01. The van der Waals surface area contributed by atoms with Crippen molar-refractivity contribution in [3.8, 4) is 5.75 Å². The third kappa shape index (κ3) is 6.26. The topological polar surface area (TPSA) is 75.7 Å². The van der Waals surface area contributed by atoms with Crippen LogP contribution in [0.2, 0.25) is 5.02 Å². The van der Waals surface area contributed by atoms with E-state index >= 15 is 0 Å². The van der Waals surface area contributed by atoms with Crippen molar-refractivity contribution in [3.05, 3.63) is 82.9 Å². The van der Waals surface area contributed by atoms with Gasteiger partial charge in [-0.05, 0) is 56.3 Å². The molecule has 1 N–H and O–H groups in total. The van der Waals surface area contributed by atoms with Gasteiger partial charge in [-0.3, -0.25) is 9.10 Å². The van der Waals surface area contributed by atoms with Crippen LogP contribution in [0, 0.1) is 6.92 Å². The number of ether oxygens (including phenoxy) is 1. The lowest BCUT2D eigenvalue weighted by atomic mass is 10.2. The number of rotatable bonds is 8. The number of nitrogens with zero attached hydrogens (tertiary/aromatic N) is 1. The zero-order valence-corrected chi connectivity index (χ0v) is 20.3. The summed E-state index contributed by atoms with van der Waals surface area (Å²) in [5.41, 5.74) is -0.373. The summed E-state index contributed by atoms with van der Waals surface area (Å²) in [5.74, 6) is -0.677. The second kappa shape index (κ2) is 10.6. The van der Waals surface area contributed by atoms with Crippen LogP contribution in [0.25, 0.3) is 0 Å². The number of carbonyl (C=O) groups is 1. The fourth-order valence-corrected chi connectivity index (χ4v) is 4.79. The standard InChI is InChI=1S/C24H22ClF3N2O4S/c1-3-34-22-7-5-4-6-21(22)30(35(32,33)18-11-8-16(2)9-12-18)15-23(31)29-20-14-17(24(26,27)28)10-13-19(20)25/h4-14H,3,15H2,1-2H3,(H,29,31). The number of para-hydroxylation sites is 2. The predicted octanol–water partition coefficient (Wildman–Crippen LogP) is 5.90. The minimum Gasteiger partial charge on any atom is -0.492 e. The molecule has 3 rings (SSSR count). The van der Waals surface area contributed by atoms with E-state index in [1.165, 1.54) is 18.2 Å². The number of benzene rings is 3. The molecule has 0 saturated heterocycles. The van der Waals surface area contributed by atoms with Crippen molar-refractivity contribution in [3.63, 3.8) is 0 Å². The number of halogens is 4. The van der Waals surface area contributed by atoms with Gasteiger partial charge < -0.3 is 10.1 Å². The number of carbonyl (C=O) groups excluding carboxylic acids is 1. The van der Waals surface area contributed by atoms with Crippen LogP contribution < -0.4 is 14.4 Å². The van der Waals surface area contributed by atoms with Gasteiger partial charge in [0, 0.05) is 0 Å². The first-order chi connectivity index (χ1) is 16.4. The molecule has 35 heavy (non-hydrogen) atoms. The van der Waals surface area contributed by atoms with Crippen LogP contribution in [0.1, 0.15) is 18.1 Å². The second-order valence-electron chi connectivity index (χ2n) is 7.47. The lowest BCUT2D eigenvalue weighted by Gasteiger charge is -2.26. The van der Waals surface area contributed by atoms with Crippen LogP contribution in [0.3, 0.4) is 0 Å². The molecule has 0 fully saturated rings. The molecule has 186 valence electrons. The third-order valence-corrected chi connectivity index (χ3v) is 7.00. The molecular formula is C24H22ClF3N2O4S. The molecule has 0 bridgehead atoms. The maximum Gasteiger partial charge on any atom is 0.416 e. The number of alkyl halides is 3. The molecule has 0 saturated carbocycles. The fraction of sp³-hybridized carbons (Fsp3) is 0.208. The van der Waals surface area contributed by atoms with Gasteiger partial charge in [-0.2, -0.15) is 13.2 Å². The van der Waals surface area contributed by atoms with Gasteiger partial charge in [0.25, 0.3) is 10.0 Å². The van der Waals surface area contributed by atoms with Gasteiger partial charge in [-0.25, -0.2) is 8.42 Å². The van der Waals surface area contributed by atoms with Gasteiger partial charge in [-0.15, -0.1) is 0 Å². The van der Waals surface area contributed by atoms with Gasteiger partial charge in [0.1, 0.15) is 12.3 Å². The van der Waals surface area contributed by atoms with Crippen molar-refractivity contribution < 1.29 is 31.1 Å². The zero-order chi connectivity index (χ0) is 25.8. The molecule has 0 radical (unpaired) electrons. The highest BCUT2D eigenvalue weighted by Crippen LogP contribution is 2.35. The van der Waals surface area contributed by atoms with Crippen LogP contribution in [-0.2, 0) is 21.0 Å². The first kappa shape index (κ1) is 26.4. The summed E-state index contributed by atoms with van der Waals surface area (Å²) in [5, 5.41) is 2.16. The Morgan fingerprint density at radius 3 is 2.34 bits per heavy atom. The lowest BCUT2D eigenvalue weighted by molar-refractivity contribution is -0.137. The molecule has 0 aliphatic carbocycles. The molecule has 3 aromatic rings. The van der Waals surface area contributed by atoms with Gasteiger partial charge >= 0.3 is 6.18 Å². The number of anilines is 2. The van der Waals surface area contributed by atoms with Crippen LogP contribution in [0.4, 0.5) is 24.5 Å². The minimum absolute atomic E-state index is 0.0701. The van der Waals surface area contributed by atoms with Crippen LogP contribution in [0.15, 0.2) is 71.6 Å². The SMILES string of the molecule is CCOc1ccccc1N(CC(=O)Nc1cc(C(F)(F)F)ccc1Cl)S(=O)(=O)c1ccc(C)cc1. The van der Waals surface area contributed by atoms with E-state index in [1.807, 2.05) is 0 Å². The fourth-order valence-electron chi connectivity index (χ4n) is 3.20. The number of aryl methyl sites for hydroxylation is 1. The molecular weight excluding hydrogens is 505 g/mol. The molecule has 6 nitrogen and oxygen atoms in total. The molecule has 0 heterocycles. The first-order valence-electron chi connectivity index (χ1n) is 10.4. The van der Waals surface area contributed by atoms with Crippen molar-refractivity contribution in [2.75, 3.05) is 22.8 Å². The van der Waals surface area contributed by atoms with E-state index in [2.05, 4.69) is 5.32 Å². The highest BCUT2D eigenvalue weighted by molar-refractivity contribution is 7.92. The van der Waals surface area contributed by atoms with E-state index in [1.54, 1.807) is 44.2 Å². The highest BCUT2D eigenvalue weighted by atomic mass is 35.5. The van der Waals surface area contributed by atoms with Gasteiger partial charge in [0.15, 0.2) is 0 Å². The van der Waals surface area contributed by atoms with E-state index in [9.17, 15) is 26.4 Å². The molecule has 0 aliphatic rings. The highest BCUT2D eigenvalue weighted by Gasteiger charge is 2.32. The Labute approximate surface area is 206 Å². The number of sulfonamides is 1. The van der Waals surface area contributed by atoms with Crippen molar-refractivity contribution in [2.45, 2.75) is 24.9 Å². The number of hydrogen-bond donors (Lipinski definition) is 1. The normalized spacial score (nSPS) is 11.7. The number of nitrogens with one attached hydrogen (secondary N) is 1. The minimum atomic E-state index is -4.65. The summed E-state index contributed by atoms with van der Waals surface area (Å²) in [6, 6.07) is 14.8. The maximum absolute atomic E-state index is 13.6. The Bertz CT molecular complexity index is 1310.